The Hall–Kier alpha value is -2.39. The van der Waals surface area contributed by atoms with Gasteiger partial charge in [-0.25, -0.2) is 18.4 Å². The zero-order valence-electron chi connectivity index (χ0n) is 17.5. The number of hydrogen-bond acceptors (Lipinski definition) is 7. The summed E-state index contributed by atoms with van der Waals surface area (Å²) in [5.74, 6) is 1.54. The van der Waals surface area contributed by atoms with Gasteiger partial charge >= 0.3 is 0 Å². The van der Waals surface area contributed by atoms with Gasteiger partial charge in [-0.05, 0) is 43.9 Å². The molecule has 3 heterocycles. The molecule has 2 saturated heterocycles. The van der Waals surface area contributed by atoms with Gasteiger partial charge in [0.1, 0.15) is 16.4 Å². The molecule has 0 amide bonds. The second kappa shape index (κ2) is 8.39. The van der Waals surface area contributed by atoms with Crippen LogP contribution < -0.4 is 14.4 Å². The number of sulfonamides is 1. The molecule has 1 spiro atoms. The number of anilines is 1. The van der Waals surface area contributed by atoms with Gasteiger partial charge in [0.2, 0.25) is 16.0 Å². The van der Waals surface area contributed by atoms with Crippen molar-refractivity contribution >= 4 is 16.0 Å². The minimum Gasteiger partial charge on any atom is -0.497 e. The standard InChI is InChI=1S/C21H28N4O4S/c1-28-17-6-7-18(29-2)19(14-17)30(26,27)25-13-4-9-21(16-25)8-3-12-24(15-21)20-22-10-5-11-23-20/h5-7,10-11,14H,3-4,8-9,12-13,15-16H2,1-2H3. The fourth-order valence-electron chi connectivity index (χ4n) is 4.66. The summed E-state index contributed by atoms with van der Waals surface area (Å²) in [6, 6.07) is 6.69. The van der Waals surface area contributed by atoms with Crippen LogP contribution in [0.15, 0.2) is 41.6 Å². The number of hydrogen-bond donors (Lipinski definition) is 0. The van der Waals surface area contributed by atoms with E-state index in [0.717, 1.165) is 38.8 Å². The van der Waals surface area contributed by atoms with Gasteiger partial charge in [0.25, 0.3) is 0 Å². The largest absolute Gasteiger partial charge is 0.497 e. The maximum absolute atomic E-state index is 13.6. The number of rotatable bonds is 5. The summed E-state index contributed by atoms with van der Waals surface area (Å²) in [6.07, 6.45) is 7.31. The summed E-state index contributed by atoms with van der Waals surface area (Å²) < 4.78 is 39.3. The van der Waals surface area contributed by atoms with E-state index in [1.54, 1.807) is 41.0 Å². The molecule has 2 fully saturated rings. The second-order valence-electron chi connectivity index (χ2n) is 8.03. The molecule has 9 heteroatoms. The minimum absolute atomic E-state index is 0.102. The van der Waals surface area contributed by atoms with Crippen LogP contribution >= 0.6 is 0 Å². The van der Waals surface area contributed by atoms with Gasteiger partial charge in [-0.3, -0.25) is 0 Å². The van der Waals surface area contributed by atoms with E-state index in [0.29, 0.717) is 30.5 Å². The SMILES string of the molecule is COc1ccc(OC)c(S(=O)(=O)N2CCCC3(CCCN(c4ncccn4)C3)C2)c1. The number of aromatic nitrogens is 2. The van der Waals surface area contributed by atoms with Crippen LogP contribution in [-0.4, -0.2) is 63.1 Å². The van der Waals surface area contributed by atoms with Gasteiger partial charge < -0.3 is 14.4 Å². The molecule has 1 aromatic heterocycles. The number of methoxy groups -OCH3 is 2. The lowest BCUT2D eigenvalue weighted by Crippen LogP contribution is -2.54. The van der Waals surface area contributed by atoms with Gasteiger partial charge in [0.15, 0.2) is 0 Å². The molecule has 0 aliphatic carbocycles. The predicted octanol–water partition coefficient (Wildman–Crippen LogP) is 2.57. The van der Waals surface area contributed by atoms with Crippen LogP contribution in [-0.2, 0) is 10.0 Å². The van der Waals surface area contributed by atoms with E-state index < -0.39 is 10.0 Å². The topological polar surface area (TPSA) is 84.9 Å². The summed E-state index contributed by atoms with van der Waals surface area (Å²) in [7, 11) is -0.709. The van der Waals surface area contributed by atoms with Crippen molar-refractivity contribution in [2.75, 3.05) is 45.3 Å². The molecule has 2 aliphatic heterocycles. The smallest absolute Gasteiger partial charge is 0.246 e. The Balaban J connectivity index is 1.61. The van der Waals surface area contributed by atoms with Gasteiger partial charge in [-0.15, -0.1) is 0 Å². The van der Waals surface area contributed by atoms with Crippen molar-refractivity contribution < 1.29 is 17.9 Å². The van der Waals surface area contributed by atoms with E-state index in [-0.39, 0.29) is 10.3 Å². The van der Waals surface area contributed by atoms with Gasteiger partial charge in [0, 0.05) is 50.1 Å². The lowest BCUT2D eigenvalue weighted by molar-refractivity contribution is 0.122. The van der Waals surface area contributed by atoms with Crippen molar-refractivity contribution in [1.29, 1.82) is 0 Å². The van der Waals surface area contributed by atoms with E-state index >= 15 is 0 Å². The highest BCUT2D eigenvalue weighted by Crippen LogP contribution is 2.41. The summed E-state index contributed by atoms with van der Waals surface area (Å²) in [6.45, 7) is 2.64. The summed E-state index contributed by atoms with van der Waals surface area (Å²) >= 11 is 0. The molecule has 0 N–H and O–H groups in total. The van der Waals surface area contributed by atoms with Crippen LogP contribution in [0.25, 0.3) is 0 Å². The molecule has 8 nitrogen and oxygen atoms in total. The molecule has 4 rings (SSSR count). The fraction of sp³-hybridized carbons (Fsp3) is 0.524. The van der Waals surface area contributed by atoms with Crippen molar-refractivity contribution in [3.8, 4) is 11.5 Å². The highest BCUT2D eigenvalue weighted by atomic mass is 32.2. The van der Waals surface area contributed by atoms with E-state index in [4.69, 9.17) is 9.47 Å². The van der Waals surface area contributed by atoms with Crippen LogP contribution in [0.4, 0.5) is 5.95 Å². The lowest BCUT2D eigenvalue weighted by atomic mass is 9.74. The van der Waals surface area contributed by atoms with E-state index in [9.17, 15) is 8.42 Å². The lowest BCUT2D eigenvalue weighted by Gasteiger charge is -2.48. The van der Waals surface area contributed by atoms with Gasteiger partial charge in [-0.1, -0.05) is 0 Å². The van der Waals surface area contributed by atoms with E-state index in [1.807, 2.05) is 0 Å². The molecule has 0 radical (unpaired) electrons. The molecule has 162 valence electrons. The van der Waals surface area contributed by atoms with Crippen molar-refractivity contribution in [3.05, 3.63) is 36.7 Å². The normalized spacial score (nSPS) is 22.8. The molecular weight excluding hydrogens is 404 g/mol. The van der Waals surface area contributed by atoms with Crippen molar-refractivity contribution in [3.63, 3.8) is 0 Å². The van der Waals surface area contributed by atoms with Crippen LogP contribution in [0.2, 0.25) is 0 Å². The zero-order chi connectivity index (χ0) is 21.2. The van der Waals surface area contributed by atoms with Crippen molar-refractivity contribution in [2.45, 2.75) is 30.6 Å². The molecular formula is C21H28N4O4S. The molecule has 2 aliphatic rings. The van der Waals surface area contributed by atoms with Crippen molar-refractivity contribution in [1.82, 2.24) is 14.3 Å². The van der Waals surface area contributed by atoms with Gasteiger partial charge in [-0.2, -0.15) is 4.31 Å². The summed E-state index contributed by atoms with van der Waals surface area (Å²) in [5, 5.41) is 0. The maximum atomic E-state index is 13.6. The Morgan fingerprint density at radius 1 is 1.00 bits per heavy atom. The average molecular weight is 433 g/mol. The minimum atomic E-state index is -3.72. The summed E-state index contributed by atoms with van der Waals surface area (Å²) in [5.41, 5.74) is -0.102. The van der Waals surface area contributed by atoms with Crippen LogP contribution in [0, 0.1) is 5.41 Å². The van der Waals surface area contributed by atoms with Crippen LogP contribution in [0.3, 0.4) is 0 Å². The highest BCUT2D eigenvalue weighted by Gasteiger charge is 2.43. The van der Waals surface area contributed by atoms with Crippen molar-refractivity contribution in [2.24, 2.45) is 5.41 Å². The highest BCUT2D eigenvalue weighted by molar-refractivity contribution is 7.89. The monoisotopic (exact) mass is 432 g/mol. The molecule has 1 atom stereocenters. The third-order valence-corrected chi connectivity index (χ3v) is 7.98. The van der Waals surface area contributed by atoms with Crippen LogP contribution in [0.5, 0.6) is 11.5 Å². The molecule has 30 heavy (non-hydrogen) atoms. The predicted molar refractivity (Wildman–Crippen MR) is 113 cm³/mol. The van der Waals surface area contributed by atoms with E-state index in [2.05, 4.69) is 14.9 Å². The first-order chi connectivity index (χ1) is 14.5. The number of benzene rings is 1. The third kappa shape index (κ3) is 3.96. The third-order valence-electron chi connectivity index (χ3n) is 6.11. The number of nitrogens with zero attached hydrogens (tertiary/aromatic N) is 4. The average Bonchev–Trinajstić information content (AvgIpc) is 2.79. The first-order valence-electron chi connectivity index (χ1n) is 10.2. The molecule has 1 aromatic carbocycles. The number of piperidine rings is 2. The Kier molecular flexibility index (Phi) is 5.84. The zero-order valence-corrected chi connectivity index (χ0v) is 18.3. The Morgan fingerprint density at radius 2 is 1.73 bits per heavy atom. The number of ether oxygens (including phenoxy) is 2. The molecule has 0 bridgehead atoms. The summed E-state index contributed by atoms with van der Waals surface area (Å²) in [4.78, 5) is 11.1. The van der Waals surface area contributed by atoms with Crippen LogP contribution in [0.1, 0.15) is 25.7 Å². The quantitative estimate of drug-likeness (QED) is 0.718. The Bertz CT molecular complexity index is 982. The second-order valence-corrected chi connectivity index (χ2v) is 9.94. The first-order valence-corrected chi connectivity index (χ1v) is 11.7. The van der Waals surface area contributed by atoms with E-state index in [1.165, 1.54) is 14.2 Å². The molecule has 2 aromatic rings. The molecule has 0 saturated carbocycles. The van der Waals surface area contributed by atoms with Gasteiger partial charge in [0.05, 0.1) is 14.2 Å². The fourth-order valence-corrected chi connectivity index (χ4v) is 6.42. The Morgan fingerprint density at radius 3 is 2.43 bits per heavy atom. The Labute approximate surface area is 177 Å². The maximum Gasteiger partial charge on any atom is 0.246 e. The molecule has 1 unspecified atom stereocenters. The first kappa shape index (κ1) is 20.9.